The maximum atomic E-state index is 14.3. The van der Waals surface area contributed by atoms with Crippen LogP contribution in [-0.2, 0) is 17.6 Å². The summed E-state index contributed by atoms with van der Waals surface area (Å²) in [5, 5.41) is 30.3. The quantitative estimate of drug-likeness (QED) is 0.227. The van der Waals surface area contributed by atoms with E-state index in [-0.39, 0.29) is 75.2 Å². The Balaban J connectivity index is 0.00000400. The molecule has 0 saturated heterocycles. The Bertz CT molecular complexity index is 1770. The SMILES string of the molecule is CCCc1c(Cc2ccc(-c3ccccc3-c3nnn[n-]3)cc2)c(=O)n(C2CCC(OC(C)C(C)(C)O)CC2)c2ncnn12.[K+]. The zero-order chi connectivity index (χ0) is 30.8. The third-order valence-corrected chi connectivity index (χ3v) is 8.85. The van der Waals surface area contributed by atoms with Gasteiger partial charge in [0.1, 0.15) is 6.33 Å². The van der Waals surface area contributed by atoms with Gasteiger partial charge in [-0.05, 0) is 75.1 Å². The maximum absolute atomic E-state index is 14.3. The number of benzene rings is 2. The van der Waals surface area contributed by atoms with Gasteiger partial charge in [-0.15, -0.1) is 0 Å². The fraction of sp³-hybridized carbons (Fsp3) is 0.455. The number of hydrogen-bond donors (Lipinski definition) is 1. The monoisotopic (exact) mass is 634 g/mol. The van der Waals surface area contributed by atoms with Gasteiger partial charge in [-0.1, -0.05) is 61.9 Å². The van der Waals surface area contributed by atoms with Gasteiger partial charge in [0.2, 0.25) is 5.78 Å². The van der Waals surface area contributed by atoms with Crippen molar-refractivity contribution >= 4 is 5.78 Å². The van der Waals surface area contributed by atoms with E-state index in [0.717, 1.165) is 72.0 Å². The van der Waals surface area contributed by atoms with Crippen molar-refractivity contribution in [3.8, 4) is 22.5 Å². The zero-order valence-corrected chi connectivity index (χ0v) is 29.8. The summed E-state index contributed by atoms with van der Waals surface area (Å²) in [6, 6.07) is 16.2. The fourth-order valence-corrected chi connectivity index (χ4v) is 6.16. The van der Waals surface area contributed by atoms with Crippen LogP contribution in [-0.4, -0.2) is 57.6 Å². The predicted molar refractivity (Wildman–Crippen MR) is 166 cm³/mol. The Labute approximate surface area is 305 Å². The molecular formula is C33H39KN8O3. The number of aliphatic hydroxyl groups is 1. The average molecular weight is 635 g/mol. The van der Waals surface area contributed by atoms with E-state index in [1.54, 1.807) is 20.2 Å². The van der Waals surface area contributed by atoms with E-state index >= 15 is 0 Å². The molecule has 0 spiro atoms. The average Bonchev–Trinajstić information content (AvgIpc) is 3.73. The molecule has 45 heavy (non-hydrogen) atoms. The van der Waals surface area contributed by atoms with E-state index in [2.05, 4.69) is 61.9 Å². The molecule has 12 heteroatoms. The summed E-state index contributed by atoms with van der Waals surface area (Å²) < 4.78 is 9.91. The molecule has 3 heterocycles. The Morgan fingerprint density at radius 1 is 1.07 bits per heavy atom. The van der Waals surface area contributed by atoms with Crippen molar-refractivity contribution in [3.05, 3.63) is 82.0 Å². The largest absolute Gasteiger partial charge is 1.00 e. The summed E-state index contributed by atoms with van der Waals surface area (Å²) in [6.45, 7) is 7.56. The summed E-state index contributed by atoms with van der Waals surface area (Å²) in [4.78, 5) is 18.9. The summed E-state index contributed by atoms with van der Waals surface area (Å²) in [7, 11) is 0. The number of fused-ring (bicyclic) bond motifs is 1. The first-order valence-electron chi connectivity index (χ1n) is 15.5. The van der Waals surface area contributed by atoms with Crippen molar-refractivity contribution in [3.63, 3.8) is 0 Å². The first kappa shape index (κ1) is 33.8. The molecule has 1 atom stereocenters. The van der Waals surface area contributed by atoms with Crippen molar-refractivity contribution in [1.29, 1.82) is 0 Å². The van der Waals surface area contributed by atoms with E-state index in [0.29, 0.717) is 18.0 Å². The Hall–Kier alpha value is -2.58. The molecule has 1 saturated carbocycles. The topological polar surface area (TPSA) is 134 Å². The number of ether oxygens (including phenoxy) is 1. The van der Waals surface area contributed by atoms with Crippen LogP contribution in [0.3, 0.4) is 0 Å². The molecule has 6 rings (SSSR count). The van der Waals surface area contributed by atoms with Gasteiger partial charge in [-0.3, -0.25) is 19.7 Å². The number of nitrogens with zero attached hydrogens (tertiary/aromatic N) is 8. The van der Waals surface area contributed by atoms with E-state index in [9.17, 15) is 9.90 Å². The summed E-state index contributed by atoms with van der Waals surface area (Å²) in [5.41, 5.74) is 4.69. The van der Waals surface area contributed by atoms with E-state index in [4.69, 9.17) is 4.74 Å². The predicted octanol–water partition coefficient (Wildman–Crippen LogP) is 1.57. The van der Waals surface area contributed by atoms with Crippen LogP contribution in [0.4, 0.5) is 0 Å². The van der Waals surface area contributed by atoms with Gasteiger partial charge in [0.05, 0.1) is 23.5 Å². The Morgan fingerprint density at radius 2 is 1.78 bits per heavy atom. The van der Waals surface area contributed by atoms with Crippen molar-refractivity contribution in [2.24, 2.45) is 0 Å². The van der Waals surface area contributed by atoms with E-state index in [1.165, 1.54) is 0 Å². The third kappa shape index (κ3) is 7.22. The number of aromatic nitrogens is 8. The molecule has 2 aromatic carbocycles. The normalized spacial score (nSPS) is 17.7. The Kier molecular flexibility index (Phi) is 10.8. The van der Waals surface area contributed by atoms with Crippen LogP contribution in [0.1, 0.15) is 82.7 Å². The molecule has 1 fully saturated rings. The second-order valence-corrected chi connectivity index (χ2v) is 12.3. The van der Waals surface area contributed by atoms with Crippen molar-refractivity contribution < 1.29 is 61.2 Å². The van der Waals surface area contributed by atoms with Crippen LogP contribution in [0.5, 0.6) is 0 Å². The van der Waals surface area contributed by atoms with Crippen LogP contribution in [0.2, 0.25) is 0 Å². The molecule has 0 radical (unpaired) electrons. The molecular weight excluding hydrogens is 596 g/mol. The minimum atomic E-state index is -0.903. The van der Waals surface area contributed by atoms with Crippen LogP contribution in [0, 0.1) is 0 Å². The maximum Gasteiger partial charge on any atom is 1.00 e. The molecule has 1 N–H and O–H groups in total. The number of rotatable bonds is 10. The molecule has 3 aromatic heterocycles. The van der Waals surface area contributed by atoms with Crippen molar-refractivity contribution in [2.75, 3.05) is 0 Å². The van der Waals surface area contributed by atoms with Crippen LogP contribution in [0.15, 0.2) is 59.7 Å². The fourth-order valence-electron chi connectivity index (χ4n) is 6.16. The van der Waals surface area contributed by atoms with Gasteiger partial charge in [-0.2, -0.15) is 15.3 Å². The van der Waals surface area contributed by atoms with Gasteiger partial charge in [0.15, 0.2) is 0 Å². The van der Waals surface area contributed by atoms with E-state index in [1.807, 2.05) is 40.3 Å². The summed E-state index contributed by atoms with van der Waals surface area (Å²) >= 11 is 0. The van der Waals surface area contributed by atoms with Crippen LogP contribution in [0.25, 0.3) is 28.3 Å². The van der Waals surface area contributed by atoms with Crippen molar-refractivity contribution in [1.82, 2.24) is 39.8 Å². The molecule has 11 nitrogen and oxygen atoms in total. The van der Waals surface area contributed by atoms with Crippen molar-refractivity contribution in [2.45, 2.75) is 96.5 Å². The van der Waals surface area contributed by atoms with Crippen LogP contribution >= 0.6 is 0 Å². The van der Waals surface area contributed by atoms with Gasteiger partial charge in [-0.25, -0.2) is 4.52 Å². The van der Waals surface area contributed by atoms with E-state index < -0.39 is 5.60 Å². The molecule has 0 amide bonds. The molecule has 0 aliphatic heterocycles. The van der Waals surface area contributed by atoms with Gasteiger partial charge < -0.3 is 14.9 Å². The molecule has 1 aliphatic carbocycles. The summed E-state index contributed by atoms with van der Waals surface area (Å²) in [5.74, 6) is 1.09. The third-order valence-electron chi connectivity index (χ3n) is 8.85. The second kappa shape index (κ2) is 14.5. The second-order valence-electron chi connectivity index (χ2n) is 12.3. The number of hydrogen-bond acceptors (Lipinski definition) is 8. The zero-order valence-electron chi connectivity index (χ0n) is 26.7. The first-order valence-corrected chi connectivity index (χ1v) is 15.5. The minimum absolute atomic E-state index is 0. The van der Waals surface area contributed by atoms with Gasteiger partial charge in [0, 0.05) is 23.9 Å². The van der Waals surface area contributed by atoms with Gasteiger partial charge in [0.25, 0.3) is 5.56 Å². The Morgan fingerprint density at radius 3 is 2.42 bits per heavy atom. The molecule has 0 bridgehead atoms. The number of aryl methyl sites for hydroxylation is 1. The molecule has 5 aromatic rings. The van der Waals surface area contributed by atoms with Gasteiger partial charge >= 0.3 is 51.4 Å². The summed E-state index contributed by atoms with van der Waals surface area (Å²) in [6.07, 6.45) is 6.66. The number of tetrazole rings is 1. The smallest absolute Gasteiger partial charge is 0.388 e. The minimum Gasteiger partial charge on any atom is -0.388 e. The first-order chi connectivity index (χ1) is 21.2. The molecule has 1 unspecified atom stereocenters. The molecule has 1 aliphatic rings. The standard InChI is InChI=1S/C33H39N8O3.K/c1-5-8-29-28(19-22-11-13-23(14-12-22)26-9-6-7-10-27(26)30-36-38-39-37-30)31(42)40(32-34-20-35-41(29)32)24-15-17-25(18-16-24)44-21(2)33(3,4)43;/h6-7,9-14,20-21,24-25,43H,5,8,15-19H2,1-4H3;/q-1;+1. The van der Waals surface area contributed by atoms with Crippen LogP contribution < -0.4 is 62.0 Å². The molecule has 230 valence electrons.